The van der Waals surface area contributed by atoms with Gasteiger partial charge in [0.25, 0.3) is 0 Å². The summed E-state index contributed by atoms with van der Waals surface area (Å²) in [6.45, 7) is 9.75. The van der Waals surface area contributed by atoms with Gasteiger partial charge in [-0.3, -0.25) is 14.6 Å². The van der Waals surface area contributed by atoms with Crippen LogP contribution in [-0.4, -0.2) is 41.5 Å². The predicted molar refractivity (Wildman–Crippen MR) is 98.9 cm³/mol. The molecule has 6 heteroatoms. The highest BCUT2D eigenvalue weighted by atomic mass is 32.1. The fourth-order valence-electron chi connectivity index (χ4n) is 2.92. The minimum atomic E-state index is -0.0182. The van der Waals surface area contributed by atoms with Gasteiger partial charge in [0, 0.05) is 44.5 Å². The number of benzene rings is 1. The van der Waals surface area contributed by atoms with E-state index in [1.807, 2.05) is 31.2 Å². The zero-order valence-electron chi connectivity index (χ0n) is 14.5. The normalized spacial score (nSPS) is 18.5. The number of rotatable bonds is 4. The Balaban J connectivity index is 1.79. The van der Waals surface area contributed by atoms with Crippen molar-refractivity contribution in [2.24, 2.45) is 0 Å². The summed E-state index contributed by atoms with van der Waals surface area (Å²) in [4.78, 5) is 21.0. The van der Waals surface area contributed by atoms with Crippen LogP contribution in [0.3, 0.4) is 0 Å². The van der Waals surface area contributed by atoms with Gasteiger partial charge in [0.05, 0.1) is 11.4 Å². The Morgan fingerprint density at radius 2 is 2.17 bits per heavy atom. The SMILES string of the molecule is CC(=O)N(c1ccc(C)cc1)c1nc(CN2CCNC[C@@H]2C)cs1. The molecule has 0 radical (unpaired) electrons. The Hall–Kier alpha value is -1.76. The quantitative estimate of drug-likeness (QED) is 0.926. The van der Waals surface area contributed by atoms with Crippen LogP contribution in [0.1, 0.15) is 25.1 Å². The average molecular weight is 344 g/mol. The molecule has 0 unspecified atom stereocenters. The van der Waals surface area contributed by atoms with Crippen molar-refractivity contribution in [3.8, 4) is 0 Å². The first-order chi connectivity index (χ1) is 11.5. The van der Waals surface area contributed by atoms with Crippen molar-refractivity contribution >= 4 is 28.1 Å². The first kappa shape index (κ1) is 17.1. The topological polar surface area (TPSA) is 48.5 Å². The maximum Gasteiger partial charge on any atom is 0.230 e. The molecule has 0 saturated carbocycles. The van der Waals surface area contributed by atoms with Gasteiger partial charge < -0.3 is 5.32 Å². The molecule has 1 aliphatic heterocycles. The maximum absolute atomic E-state index is 12.2. The van der Waals surface area contributed by atoms with Gasteiger partial charge in [-0.15, -0.1) is 11.3 Å². The molecule has 1 N–H and O–H groups in total. The van der Waals surface area contributed by atoms with Gasteiger partial charge in [-0.2, -0.15) is 0 Å². The Labute approximate surface area is 147 Å². The second-order valence-electron chi connectivity index (χ2n) is 6.34. The van der Waals surface area contributed by atoms with Gasteiger partial charge in [0.2, 0.25) is 5.91 Å². The molecule has 2 heterocycles. The third-order valence-electron chi connectivity index (χ3n) is 4.34. The number of hydrogen-bond donors (Lipinski definition) is 1. The Bertz CT molecular complexity index is 697. The molecular weight excluding hydrogens is 320 g/mol. The lowest BCUT2D eigenvalue weighted by molar-refractivity contribution is -0.115. The molecule has 1 aromatic carbocycles. The maximum atomic E-state index is 12.2. The lowest BCUT2D eigenvalue weighted by Gasteiger charge is -2.33. The molecule has 0 bridgehead atoms. The van der Waals surface area contributed by atoms with E-state index in [2.05, 4.69) is 22.5 Å². The molecule has 1 saturated heterocycles. The summed E-state index contributed by atoms with van der Waals surface area (Å²) in [5, 5.41) is 6.21. The standard InChI is InChI=1S/C18H24N4OS/c1-13-4-6-17(7-5-13)22(15(3)23)18-20-16(12-24-18)11-21-9-8-19-10-14(21)2/h4-7,12,14,19H,8-11H2,1-3H3/t14-/m0/s1. The fraction of sp³-hybridized carbons (Fsp3) is 0.444. The van der Waals surface area contributed by atoms with Crippen molar-refractivity contribution in [3.63, 3.8) is 0 Å². The average Bonchev–Trinajstić information content (AvgIpc) is 2.99. The van der Waals surface area contributed by atoms with Crippen LogP contribution < -0.4 is 10.2 Å². The van der Waals surface area contributed by atoms with Crippen LogP contribution in [0, 0.1) is 6.92 Å². The summed E-state index contributed by atoms with van der Waals surface area (Å²) in [7, 11) is 0. The monoisotopic (exact) mass is 344 g/mol. The summed E-state index contributed by atoms with van der Waals surface area (Å²) in [6.07, 6.45) is 0. The first-order valence-electron chi connectivity index (χ1n) is 8.31. The predicted octanol–water partition coefficient (Wildman–Crippen LogP) is 2.93. The molecule has 1 amide bonds. The number of aryl methyl sites for hydroxylation is 1. The number of amides is 1. The molecular formula is C18H24N4OS. The van der Waals surface area contributed by atoms with Gasteiger partial charge in [-0.25, -0.2) is 4.98 Å². The summed E-state index contributed by atoms with van der Waals surface area (Å²) in [5.41, 5.74) is 3.07. The molecule has 2 aromatic rings. The van der Waals surface area contributed by atoms with Crippen LogP contribution in [0.15, 0.2) is 29.6 Å². The number of anilines is 2. The molecule has 1 atom stereocenters. The van der Waals surface area contributed by atoms with E-state index in [1.54, 1.807) is 11.8 Å². The third-order valence-corrected chi connectivity index (χ3v) is 5.22. The van der Waals surface area contributed by atoms with Crippen LogP contribution in [0.5, 0.6) is 0 Å². The van der Waals surface area contributed by atoms with Crippen molar-refractivity contribution in [1.29, 1.82) is 0 Å². The van der Waals surface area contributed by atoms with Gasteiger partial charge in [-0.05, 0) is 26.0 Å². The summed E-state index contributed by atoms with van der Waals surface area (Å²) in [6, 6.07) is 8.47. The van der Waals surface area contributed by atoms with E-state index in [-0.39, 0.29) is 5.91 Å². The zero-order chi connectivity index (χ0) is 17.1. The number of nitrogens with zero attached hydrogens (tertiary/aromatic N) is 3. The number of hydrogen-bond acceptors (Lipinski definition) is 5. The minimum Gasteiger partial charge on any atom is -0.314 e. The van der Waals surface area contributed by atoms with Gasteiger partial charge >= 0.3 is 0 Å². The number of nitrogens with one attached hydrogen (secondary N) is 1. The molecule has 24 heavy (non-hydrogen) atoms. The largest absolute Gasteiger partial charge is 0.314 e. The highest BCUT2D eigenvalue weighted by Gasteiger charge is 2.21. The Morgan fingerprint density at radius 3 is 2.83 bits per heavy atom. The highest BCUT2D eigenvalue weighted by molar-refractivity contribution is 7.14. The van der Waals surface area contributed by atoms with Crippen molar-refractivity contribution in [2.45, 2.75) is 33.4 Å². The molecule has 1 aliphatic rings. The third kappa shape index (κ3) is 3.83. The molecule has 1 fully saturated rings. The molecule has 0 aliphatic carbocycles. The van der Waals surface area contributed by atoms with Crippen LogP contribution in [-0.2, 0) is 11.3 Å². The van der Waals surface area contributed by atoms with E-state index >= 15 is 0 Å². The van der Waals surface area contributed by atoms with Gasteiger partial charge in [0.1, 0.15) is 0 Å². The number of aromatic nitrogens is 1. The number of carbonyl (C=O) groups excluding carboxylic acids is 1. The lowest BCUT2D eigenvalue weighted by Crippen LogP contribution is -2.49. The first-order valence-corrected chi connectivity index (χ1v) is 9.19. The smallest absolute Gasteiger partial charge is 0.230 e. The second-order valence-corrected chi connectivity index (χ2v) is 7.17. The summed E-state index contributed by atoms with van der Waals surface area (Å²) in [5.74, 6) is -0.0182. The van der Waals surface area contributed by atoms with Crippen molar-refractivity contribution in [1.82, 2.24) is 15.2 Å². The fourth-order valence-corrected chi connectivity index (χ4v) is 3.80. The minimum absolute atomic E-state index is 0.0182. The van der Waals surface area contributed by atoms with Crippen molar-refractivity contribution < 1.29 is 4.79 Å². The van der Waals surface area contributed by atoms with Crippen LogP contribution >= 0.6 is 11.3 Å². The highest BCUT2D eigenvalue weighted by Crippen LogP contribution is 2.29. The summed E-state index contributed by atoms with van der Waals surface area (Å²) >= 11 is 1.53. The molecule has 3 rings (SSSR count). The second kappa shape index (κ2) is 7.42. The van der Waals surface area contributed by atoms with E-state index in [0.717, 1.165) is 42.7 Å². The Morgan fingerprint density at radius 1 is 1.42 bits per heavy atom. The molecule has 0 spiro atoms. The van der Waals surface area contributed by atoms with Crippen molar-refractivity contribution in [2.75, 3.05) is 24.5 Å². The Kier molecular flexibility index (Phi) is 5.28. The van der Waals surface area contributed by atoms with E-state index in [4.69, 9.17) is 4.98 Å². The van der Waals surface area contributed by atoms with E-state index in [0.29, 0.717) is 6.04 Å². The van der Waals surface area contributed by atoms with Gasteiger partial charge in [0.15, 0.2) is 5.13 Å². The van der Waals surface area contributed by atoms with Crippen molar-refractivity contribution in [3.05, 3.63) is 40.9 Å². The van der Waals surface area contributed by atoms with Crippen LogP contribution in [0.2, 0.25) is 0 Å². The zero-order valence-corrected chi connectivity index (χ0v) is 15.3. The van der Waals surface area contributed by atoms with Crippen LogP contribution in [0.25, 0.3) is 0 Å². The number of piperazine rings is 1. The number of carbonyl (C=O) groups is 1. The lowest BCUT2D eigenvalue weighted by atomic mass is 10.2. The van der Waals surface area contributed by atoms with E-state index in [1.165, 1.54) is 16.9 Å². The molecule has 5 nitrogen and oxygen atoms in total. The summed E-state index contributed by atoms with van der Waals surface area (Å²) < 4.78 is 0. The molecule has 1 aromatic heterocycles. The number of thiazole rings is 1. The van der Waals surface area contributed by atoms with E-state index < -0.39 is 0 Å². The van der Waals surface area contributed by atoms with E-state index in [9.17, 15) is 4.79 Å². The molecule has 128 valence electrons. The van der Waals surface area contributed by atoms with Gasteiger partial charge in [-0.1, -0.05) is 17.7 Å². The van der Waals surface area contributed by atoms with Crippen LogP contribution in [0.4, 0.5) is 10.8 Å².